The number of aliphatic hydroxyl groups excluding tert-OH is 10. The summed E-state index contributed by atoms with van der Waals surface area (Å²) in [5, 5.41) is 109. The number of aliphatic carboxylic acids is 2. The SMILES string of the molecule is O=C(O)C(O)C(O)C(=O)O.OC[C@H]1O[C@@H](O[C@H]2[C@H](O)[C@@H](O)C(O)O[C@@H]2CO)[C@H](O)[C@@H](O)[C@H]1O. The van der Waals surface area contributed by atoms with E-state index in [2.05, 4.69) is 0 Å². The highest BCUT2D eigenvalue weighted by atomic mass is 16.7. The molecule has 0 radical (unpaired) electrons. The van der Waals surface area contributed by atoms with Gasteiger partial charge in [0.05, 0.1) is 13.2 Å². The molecule has 17 nitrogen and oxygen atoms in total. The number of carboxylic acids is 2. The van der Waals surface area contributed by atoms with E-state index in [1.165, 1.54) is 0 Å². The van der Waals surface area contributed by atoms with E-state index < -0.39 is 98.8 Å². The minimum absolute atomic E-state index is 0.667. The average molecular weight is 492 g/mol. The van der Waals surface area contributed by atoms with Crippen molar-refractivity contribution < 1.29 is 85.1 Å². The summed E-state index contributed by atoms with van der Waals surface area (Å²) < 4.78 is 15.3. The number of hydrogen-bond donors (Lipinski definition) is 12. The summed E-state index contributed by atoms with van der Waals surface area (Å²) in [5.41, 5.74) is 0. The Kier molecular flexibility index (Phi) is 11.4. The van der Waals surface area contributed by atoms with Crippen molar-refractivity contribution >= 4 is 11.9 Å². The molecule has 33 heavy (non-hydrogen) atoms. The second-order valence-corrected chi connectivity index (χ2v) is 7.09. The highest BCUT2D eigenvalue weighted by Crippen LogP contribution is 2.28. The van der Waals surface area contributed by atoms with E-state index in [9.17, 15) is 45.3 Å². The summed E-state index contributed by atoms with van der Waals surface area (Å²) in [7, 11) is 0. The van der Waals surface area contributed by atoms with Crippen LogP contribution in [0.25, 0.3) is 0 Å². The Hall–Kier alpha value is -1.58. The predicted octanol–water partition coefficient (Wildman–Crippen LogP) is -7.52. The van der Waals surface area contributed by atoms with Gasteiger partial charge in [-0.1, -0.05) is 0 Å². The molecule has 12 N–H and O–H groups in total. The maximum atomic E-state index is 9.94. The van der Waals surface area contributed by atoms with Crippen molar-refractivity contribution in [3.8, 4) is 0 Å². The molecule has 0 aliphatic carbocycles. The lowest BCUT2D eigenvalue weighted by molar-refractivity contribution is -0.355. The van der Waals surface area contributed by atoms with Gasteiger partial charge < -0.3 is 75.5 Å². The molecule has 0 aromatic carbocycles. The molecule has 2 fully saturated rings. The van der Waals surface area contributed by atoms with Crippen LogP contribution in [-0.2, 0) is 23.8 Å². The van der Waals surface area contributed by atoms with Gasteiger partial charge in [0, 0.05) is 0 Å². The monoisotopic (exact) mass is 492 g/mol. The molecule has 0 aromatic heterocycles. The van der Waals surface area contributed by atoms with Crippen molar-refractivity contribution in [2.45, 2.75) is 73.6 Å². The van der Waals surface area contributed by atoms with Gasteiger partial charge in [-0.05, 0) is 0 Å². The van der Waals surface area contributed by atoms with Crippen LogP contribution < -0.4 is 0 Å². The van der Waals surface area contributed by atoms with Crippen LogP contribution in [0.4, 0.5) is 0 Å². The lowest BCUT2D eigenvalue weighted by Gasteiger charge is -2.45. The zero-order chi connectivity index (χ0) is 25.6. The standard InChI is InChI=1S/C12H22O11.C4H6O6/c13-1-3-5(15)6(16)9(19)12(22-3)23-10-4(2-14)21-11(20)8(18)7(10)17;5-1(3(7)8)2(6)4(9)10/h3-20H,1-2H2;1-2,5-6H,(H,7,8)(H,9,10)/t3-,4-,5+,6+,7-,8-,9-,10-,11?,12+;/m1./s1. The fourth-order valence-electron chi connectivity index (χ4n) is 2.84. The summed E-state index contributed by atoms with van der Waals surface area (Å²) in [6.07, 6.45) is -20.1. The number of carboxylic acid groups (broad SMARTS) is 2. The second kappa shape index (κ2) is 12.8. The molecular formula is C16H28O17. The maximum absolute atomic E-state index is 9.94. The first kappa shape index (κ1) is 29.5. The molecular weight excluding hydrogens is 464 g/mol. The number of hydrogen-bond acceptors (Lipinski definition) is 15. The highest BCUT2D eigenvalue weighted by Gasteiger charge is 2.50. The van der Waals surface area contributed by atoms with Gasteiger partial charge in [-0.25, -0.2) is 9.59 Å². The predicted molar refractivity (Wildman–Crippen MR) is 95.9 cm³/mol. The molecule has 2 rings (SSSR count). The van der Waals surface area contributed by atoms with Gasteiger partial charge in [0.1, 0.15) is 48.8 Å². The van der Waals surface area contributed by atoms with E-state index in [1.807, 2.05) is 0 Å². The van der Waals surface area contributed by atoms with Crippen LogP contribution >= 0.6 is 0 Å². The van der Waals surface area contributed by atoms with E-state index >= 15 is 0 Å². The molecule has 3 unspecified atom stereocenters. The van der Waals surface area contributed by atoms with Crippen molar-refractivity contribution in [1.82, 2.24) is 0 Å². The molecule has 2 saturated heterocycles. The van der Waals surface area contributed by atoms with Gasteiger partial charge in [0.25, 0.3) is 0 Å². The van der Waals surface area contributed by atoms with E-state index in [4.69, 9.17) is 39.7 Å². The van der Waals surface area contributed by atoms with Crippen LogP contribution in [0, 0.1) is 0 Å². The summed E-state index contributed by atoms with van der Waals surface area (Å²) in [6, 6.07) is 0. The third-order valence-corrected chi connectivity index (χ3v) is 4.78. The second-order valence-electron chi connectivity index (χ2n) is 7.09. The largest absolute Gasteiger partial charge is 0.479 e. The van der Waals surface area contributed by atoms with Crippen molar-refractivity contribution in [1.29, 1.82) is 0 Å². The molecule has 17 heteroatoms. The first-order valence-electron chi connectivity index (χ1n) is 9.36. The summed E-state index contributed by atoms with van der Waals surface area (Å²) in [5.74, 6) is -3.54. The zero-order valence-corrected chi connectivity index (χ0v) is 16.8. The molecule has 0 aromatic rings. The Labute approximate surface area is 184 Å². The summed E-state index contributed by atoms with van der Waals surface area (Å²) >= 11 is 0. The van der Waals surface area contributed by atoms with Gasteiger partial charge in [-0.15, -0.1) is 0 Å². The molecule has 0 spiro atoms. The molecule has 0 amide bonds. The molecule has 0 bridgehead atoms. The van der Waals surface area contributed by atoms with Crippen LogP contribution in [0.2, 0.25) is 0 Å². The Morgan fingerprint density at radius 1 is 0.697 bits per heavy atom. The van der Waals surface area contributed by atoms with Crippen molar-refractivity contribution in [3.05, 3.63) is 0 Å². The van der Waals surface area contributed by atoms with E-state index in [1.54, 1.807) is 0 Å². The van der Waals surface area contributed by atoms with Gasteiger partial charge in [-0.3, -0.25) is 0 Å². The van der Waals surface area contributed by atoms with Gasteiger partial charge in [-0.2, -0.15) is 0 Å². The average Bonchev–Trinajstić information content (AvgIpc) is 2.78. The van der Waals surface area contributed by atoms with Crippen molar-refractivity contribution in [3.63, 3.8) is 0 Å². The molecule has 2 aliphatic rings. The van der Waals surface area contributed by atoms with Crippen LogP contribution in [0.1, 0.15) is 0 Å². The van der Waals surface area contributed by atoms with Crippen LogP contribution in [-0.4, -0.2) is 160 Å². The number of aliphatic hydroxyl groups is 10. The molecule has 2 aliphatic heterocycles. The fraction of sp³-hybridized carbons (Fsp3) is 0.875. The zero-order valence-electron chi connectivity index (χ0n) is 16.8. The lowest BCUT2D eigenvalue weighted by atomic mass is 9.97. The van der Waals surface area contributed by atoms with Crippen LogP contribution in [0.15, 0.2) is 0 Å². The van der Waals surface area contributed by atoms with Crippen LogP contribution in [0.3, 0.4) is 0 Å². The third-order valence-electron chi connectivity index (χ3n) is 4.78. The summed E-state index contributed by atoms with van der Waals surface area (Å²) in [4.78, 5) is 19.5. The number of ether oxygens (including phenoxy) is 3. The smallest absolute Gasteiger partial charge is 0.335 e. The van der Waals surface area contributed by atoms with Gasteiger partial charge >= 0.3 is 11.9 Å². The minimum Gasteiger partial charge on any atom is -0.479 e. The molecule has 12 atom stereocenters. The Balaban J connectivity index is 0.000000461. The Morgan fingerprint density at radius 2 is 1.18 bits per heavy atom. The summed E-state index contributed by atoms with van der Waals surface area (Å²) in [6.45, 7) is -1.35. The normalized spacial score (nSPS) is 40.8. The molecule has 2 heterocycles. The molecule has 194 valence electrons. The third kappa shape index (κ3) is 7.20. The fourth-order valence-corrected chi connectivity index (χ4v) is 2.84. The van der Waals surface area contributed by atoms with E-state index in [0.717, 1.165) is 0 Å². The number of carbonyl (C=O) groups is 2. The van der Waals surface area contributed by atoms with E-state index in [-0.39, 0.29) is 0 Å². The van der Waals surface area contributed by atoms with Gasteiger partial charge in [0.2, 0.25) is 0 Å². The first-order chi connectivity index (χ1) is 15.3. The maximum Gasteiger partial charge on any atom is 0.335 e. The van der Waals surface area contributed by atoms with Crippen molar-refractivity contribution in [2.75, 3.05) is 13.2 Å². The Bertz CT molecular complexity index is 610. The van der Waals surface area contributed by atoms with Gasteiger partial charge in [0.15, 0.2) is 24.8 Å². The Morgan fingerprint density at radius 3 is 1.61 bits per heavy atom. The first-order valence-corrected chi connectivity index (χ1v) is 9.36. The quantitative estimate of drug-likeness (QED) is 0.157. The molecule has 0 saturated carbocycles. The highest BCUT2D eigenvalue weighted by molar-refractivity contribution is 5.83. The van der Waals surface area contributed by atoms with Crippen molar-refractivity contribution in [2.24, 2.45) is 0 Å². The van der Waals surface area contributed by atoms with E-state index in [0.29, 0.717) is 0 Å². The minimum atomic E-state index is -2.27. The topological polar surface area (TPSA) is 305 Å². The van der Waals surface area contributed by atoms with Crippen LogP contribution in [0.5, 0.6) is 0 Å². The lowest BCUT2D eigenvalue weighted by Crippen LogP contribution is -2.64. The number of rotatable bonds is 7.